The molecule has 0 spiro atoms. The molecule has 8 heteroatoms. The van der Waals surface area contributed by atoms with E-state index in [1.54, 1.807) is 0 Å². The Morgan fingerprint density at radius 2 is 1.96 bits per heavy atom. The highest BCUT2D eigenvalue weighted by Gasteiger charge is 2.44. The average molecular weight is 391 g/mol. The fourth-order valence-electron chi connectivity index (χ4n) is 4.39. The van der Waals surface area contributed by atoms with Crippen LogP contribution < -0.4 is 10.6 Å². The predicted octanol–water partition coefficient (Wildman–Crippen LogP) is 3.08. The number of benzene rings is 1. The Labute approximate surface area is 163 Å². The Kier molecular flexibility index (Phi) is 4.99. The Morgan fingerprint density at radius 3 is 2.61 bits per heavy atom. The van der Waals surface area contributed by atoms with E-state index in [0.29, 0.717) is 17.8 Å². The maximum absolute atomic E-state index is 13.0. The molecule has 2 N–H and O–H groups in total. The number of hydrogen-bond donors (Lipinski definition) is 1. The summed E-state index contributed by atoms with van der Waals surface area (Å²) in [6, 6.07) is 5.27. The van der Waals surface area contributed by atoms with Crippen LogP contribution in [0.25, 0.3) is 11.0 Å². The first-order chi connectivity index (χ1) is 13.3. The maximum atomic E-state index is 13.0. The maximum Gasteiger partial charge on any atom is 0.324 e. The van der Waals surface area contributed by atoms with Crippen LogP contribution in [0.15, 0.2) is 18.2 Å². The lowest BCUT2D eigenvalue weighted by atomic mass is 9.78. The number of primary amides is 1. The number of aryl methyl sites for hydroxylation is 1. The number of fused-ring (bicyclic) bond motifs is 1. The van der Waals surface area contributed by atoms with Crippen molar-refractivity contribution in [1.82, 2.24) is 14.5 Å². The topological polar surface area (TPSA) is 67.4 Å². The van der Waals surface area contributed by atoms with Crippen LogP contribution in [-0.4, -0.2) is 59.6 Å². The minimum Gasteiger partial charge on any atom is -0.367 e. The number of carbonyl (C=O) groups excluding carboxylic acids is 1. The van der Waals surface area contributed by atoms with Crippen molar-refractivity contribution in [3.63, 3.8) is 0 Å². The number of hydrogen-bond acceptors (Lipinski definition) is 4. The monoisotopic (exact) mass is 391 g/mol. The minimum atomic E-state index is -2.48. The molecule has 152 valence electrons. The summed E-state index contributed by atoms with van der Waals surface area (Å²) in [7, 11) is 2.11. The molecule has 0 unspecified atom stereocenters. The van der Waals surface area contributed by atoms with Crippen LogP contribution in [0.1, 0.15) is 31.5 Å². The smallest absolute Gasteiger partial charge is 0.324 e. The Balaban J connectivity index is 1.55. The quantitative estimate of drug-likeness (QED) is 0.851. The number of para-hydroxylation sites is 1. The van der Waals surface area contributed by atoms with Crippen LogP contribution in [0.4, 0.5) is 19.3 Å². The van der Waals surface area contributed by atoms with Gasteiger partial charge in [0.1, 0.15) is 11.3 Å². The first kappa shape index (κ1) is 19.1. The van der Waals surface area contributed by atoms with E-state index in [-0.39, 0.29) is 18.8 Å². The van der Waals surface area contributed by atoms with E-state index in [4.69, 9.17) is 10.7 Å². The summed E-state index contributed by atoms with van der Waals surface area (Å²) in [5, 5.41) is 0. The molecule has 1 amide bonds. The molecule has 1 aromatic heterocycles. The van der Waals surface area contributed by atoms with Gasteiger partial charge in [0.2, 0.25) is 5.92 Å². The normalized spacial score (nSPS) is 20.5. The summed E-state index contributed by atoms with van der Waals surface area (Å²) in [5.41, 5.74) is 8.16. The molecular weight excluding hydrogens is 364 g/mol. The van der Waals surface area contributed by atoms with E-state index >= 15 is 0 Å². The Morgan fingerprint density at radius 1 is 1.25 bits per heavy atom. The van der Waals surface area contributed by atoms with Gasteiger partial charge in [-0.2, -0.15) is 0 Å². The third-order valence-electron chi connectivity index (χ3n) is 5.99. The van der Waals surface area contributed by atoms with Gasteiger partial charge in [0, 0.05) is 45.4 Å². The molecule has 6 nitrogen and oxygen atoms in total. The molecule has 1 saturated carbocycles. The Hall–Kier alpha value is -2.22. The van der Waals surface area contributed by atoms with Crippen LogP contribution in [0, 0.1) is 5.92 Å². The molecule has 2 aromatic rings. The van der Waals surface area contributed by atoms with Crippen LogP contribution in [-0.2, 0) is 6.42 Å². The van der Waals surface area contributed by atoms with Gasteiger partial charge in [-0.1, -0.05) is 6.07 Å². The molecule has 0 atom stereocenters. The Bertz CT molecular complexity index is 865. The molecule has 2 heterocycles. The highest BCUT2D eigenvalue weighted by Crippen LogP contribution is 2.44. The number of anilines is 1. The summed E-state index contributed by atoms with van der Waals surface area (Å²) in [6.45, 7) is 3.77. The second kappa shape index (κ2) is 7.31. The van der Waals surface area contributed by atoms with Gasteiger partial charge in [-0.25, -0.2) is 23.1 Å². The van der Waals surface area contributed by atoms with Crippen molar-refractivity contribution >= 4 is 22.8 Å². The fraction of sp³-hybridized carbons (Fsp3) is 0.600. The molecule has 0 bridgehead atoms. The van der Waals surface area contributed by atoms with E-state index in [1.165, 1.54) is 4.57 Å². The SMILES string of the molecule is CN1CCN(c2cccc3c2nc(CCCC2CC(F)(F)C2)n3C(N)=O)CC1. The van der Waals surface area contributed by atoms with E-state index < -0.39 is 12.0 Å². The fourth-order valence-corrected chi connectivity index (χ4v) is 4.39. The summed E-state index contributed by atoms with van der Waals surface area (Å²) in [4.78, 5) is 21.4. The standard InChI is InChI=1S/C20H27F2N5O/c1-25-8-10-26(11-9-25)15-5-3-6-16-18(15)24-17(27(16)19(23)28)7-2-4-14-12-20(21,22)13-14/h3,5-6,14H,2,4,7-13H2,1H3,(H2,23,28). The molecule has 0 radical (unpaired) electrons. The largest absolute Gasteiger partial charge is 0.367 e. The molecule has 1 saturated heterocycles. The van der Waals surface area contributed by atoms with Gasteiger partial charge in [-0.15, -0.1) is 0 Å². The van der Waals surface area contributed by atoms with Crippen LogP contribution in [0.2, 0.25) is 0 Å². The zero-order valence-corrected chi connectivity index (χ0v) is 16.2. The first-order valence-electron chi connectivity index (χ1n) is 9.95. The number of nitrogens with zero attached hydrogens (tertiary/aromatic N) is 4. The van der Waals surface area contributed by atoms with Crippen molar-refractivity contribution < 1.29 is 13.6 Å². The number of halogens is 2. The van der Waals surface area contributed by atoms with Gasteiger partial charge >= 0.3 is 6.03 Å². The molecule has 28 heavy (non-hydrogen) atoms. The van der Waals surface area contributed by atoms with Gasteiger partial charge < -0.3 is 15.5 Å². The lowest BCUT2D eigenvalue weighted by molar-refractivity contribution is -0.112. The predicted molar refractivity (Wildman–Crippen MR) is 105 cm³/mol. The van der Waals surface area contributed by atoms with Gasteiger partial charge in [0.05, 0.1) is 11.2 Å². The van der Waals surface area contributed by atoms with Crippen molar-refractivity contribution in [2.75, 3.05) is 38.1 Å². The number of piperazine rings is 1. The van der Waals surface area contributed by atoms with Gasteiger partial charge in [-0.3, -0.25) is 0 Å². The van der Waals surface area contributed by atoms with E-state index in [9.17, 15) is 13.6 Å². The summed E-state index contributed by atoms with van der Waals surface area (Å²) >= 11 is 0. The third kappa shape index (κ3) is 3.70. The third-order valence-corrected chi connectivity index (χ3v) is 5.99. The number of carbonyl (C=O) groups is 1. The van der Waals surface area contributed by atoms with Crippen LogP contribution in [0.3, 0.4) is 0 Å². The molecule has 1 aliphatic heterocycles. The zero-order chi connectivity index (χ0) is 19.9. The highest BCUT2D eigenvalue weighted by atomic mass is 19.3. The van der Waals surface area contributed by atoms with Crippen molar-refractivity contribution in [1.29, 1.82) is 0 Å². The molecule has 2 aliphatic rings. The van der Waals surface area contributed by atoms with Gasteiger partial charge in [0.25, 0.3) is 0 Å². The molecule has 2 fully saturated rings. The van der Waals surface area contributed by atoms with Crippen molar-refractivity contribution in [2.24, 2.45) is 11.7 Å². The average Bonchev–Trinajstić information content (AvgIpc) is 2.99. The second-order valence-corrected chi connectivity index (χ2v) is 8.16. The summed E-state index contributed by atoms with van der Waals surface area (Å²) < 4.78 is 27.5. The second-order valence-electron chi connectivity index (χ2n) is 8.16. The molecule has 1 aromatic carbocycles. The van der Waals surface area contributed by atoms with Crippen molar-refractivity contribution in [3.8, 4) is 0 Å². The minimum absolute atomic E-state index is 0.0210. The summed E-state index contributed by atoms with van der Waals surface area (Å²) in [6.07, 6.45) is 1.96. The number of rotatable bonds is 5. The number of likely N-dealkylation sites (N-methyl/N-ethyl adjacent to an activating group) is 1. The van der Waals surface area contributed by atoms with Crippen molar-refractivity contribution in [3.05, 3.63) is 24.0 Å². The number of imidazole rings is 1. The first-order valence-corrected chi connectivity index (χ1v) is 9.95. The van der Waals surface area contributed by atoms with Gasteiger partial charge in [0.15, 0.2) is 0 Å². The van der Waals surface area contributed by atoms with Crippen molar-refractivity contribution in [2.45, 2.75) is 38.0 Å². The zero-order valence-electron chi connectivity index (χ0n) is 16.2. The number of amides is 1. The van der Waals surface area contributed by atoms with E-state index in [2.05, 4.69) is 16.8 Å². The molecular formula is C20H27F2N5O. The summed E-state index contributed by atoms with van der Waals surface area (Å²) in [5.74, 6) is -1.79. The molecule has 1 aliphatic carbocycles. The van der Waals surface area contributed by atoms with Crippen LogP contribution >= 0.6 is 0 Å². The highest BCUT2D eigenvalue weighted by molar-refractivity contribution is 5.95. The number of nitrogens with two attached hydrogens (primary N) is 1. The van der Waals surface area contributed by atoms with Crippen LogP contribution in [0.5, 0.6) is 0 Å². The van der Waals surface area contributed by atoms with Gasteiger partial charge in [-0.05, 0) is 37.9 Å². The lowest BCUT2D eigenvalue weighted by Gasteiger charge is -2.34. The lowest BCUT2D eigenvalue weighted by Crippen LogP contribution is -2.44. The number of alkyl halides is 2. The number of aromatic nitrogens is 2. The molecule has 4 rings (SSSR count). The van der Waals surface area contributed by atoms with E-state index in [0.717, 1.165) is 50.2 Å². The van der Waals surface area contributed by atoms with E-state index in [1.807, 2.05) is 18.2 Å².